The average molecular weight is 303 g/mol. The molecule has 1 saturated heterocycles. The van der Waals surface area contributed by atoms with Gasteiger partial charge in [-0.05, 0) is 44.9 Å². The standard InChI is InChI=1S/C17H25N3O2/c1-4-12(2)18-17(22)13(3)19-14-7-5-8-15(11-14)20-10-6-9-16(20)21/h5,7-8,11-13,19H,4,6,9-10H2,1-3H3,(H,18,22). The summed E-state index contributed by atoms with van der Waals surface area (Å²) in [7, 11) is 0. The van der Waals surface area contributed by atoms with Crippen molar-refractivity contribution in [1.82, 2.24) is 5.32 Å². The maximum Gasteiger partial charge on any atom is 0.242 e. The largest absolute Gasteiger partial charge is 0.374 e. The van der Waals surface area contributed by atoms with Crippen LogP contribution in [0.15, 0.2) is 24.3 Å². The molecule has 1 fully saturated rings. The molecular formula is C17H25N3O2. The van der Waals surface area contributed by atoms with Gasteiger partial charge in [-0.15, -0.1) is 0 Å². The second kappa shape index (κ2) is 7.29. The first-order chi connectivity index (χ1) is 10.5. The van der Waals surface area contributed by atoms with Crippen molar-refractivity contribution >= 4 is 23.2 Å². The predicted octanol–water partition coefficient (Wildman–Crippen LogP) is 2.53. The third kappa shape index (κ3) is 4.00. The number of anilines is 2. The molecule has 2 amide bonds. The molecular weight excluding hydrogens is 278 g/mol. The van der Waals surface area contributed by atoms with Crippen LogP contribution in [0.5, 0.6) is 0 Å². The molecule has 0 saturated carbocycles. The lowest BCUT2D eigenvalue weighted by Gasteiger charge is -2.20. The highest BCUT2D eigenvalue weighted by molar-refractivity contribution is 5.95. The summed E-state index contributed by atoms with van der Waals surface area (Å²) in [6.07, 6.45) is 2.43. The minimum atomic E-state index is -0.321. The van der Waals surface area contributed by atoms with Gasteiger partial charge in [0.15, 0.2) is 0 Å². The van der Waals surface area contributed by atoms with Crippen molar-refractivity contribution < 1.29 is 9.59 Å². The van der Waals surface area contributed by atoms with Crippen LogP contribution in [0, 0.1) is 0 Å². The first-order valence-corrected chi connectivity index (χ1v) is 7.98. The molecule has 0 spiro atoms. The zero-order valence-electron chi connectivity index (χ0n) is 13.6. The van der Waals surface area contributed by atoms with Gasteiger partial charge in [-0.3, -0.25) is 9.59 Å². The van der Waals surface area contributed by atoms with Gasteiger partial charge in [-0.25, -0.2) is 0 Å². The molecule has 5 nitrogen and oxygen atoms in total. The Morgan fingerprint density at radius 1 is 1.36 bits per heavy atom. The number of amides is 2. The van der Waals surface area contributed by atoms with Gasteiger partial charge in [0.05, 0.1) is 0 Å². The van der Waals surface area contributed by atoms with E-state index in [9.17, 15) is 9.59 Å². The minimum Gasteiger partial charge on any atom is -0.374 e. The molecule has 1 heterocycles. The van der Waals surface area contributed by atoms with E-state index < -0.39 is 0 Å². The summed E-state index contributed by atoms with van der Waals surface area (Å²) < 4.78 is 0. The fourth-order valence-electron chi connectivity index (χ4n) is 2.47. The first-order valence-electron chi connectivity index (χ1n) is 7.98. The van der Waals surface area contributed by atoms with Gasteiger partial charge < -0.3 is 15.5 Å². The lowest BCUT2D eigenvalue weighted by atomic mass is 10.2. The second-order valence-electron chi connectivity index (χ2n) is 5.88. The van der Waals surface area contributed by atoms with E-state index in [4.69, 9.17) is 0 Å². The lowest BCUT2D eigenvalue weighted by molar-refractivity contribution is -0.122. The maximum atomic E-state index is 12.1. The highest BCUT2D eigenvalue weighted by Crippen LogP contribution is 2.24. The van der Waals surface area contributed by atoms with Crippen LogP contribution >= 0.6 is 0 Å². The van der Waals surface area contributed by atoms with Gasteiger partial charge in [0, 0.05) is 30.4 Å². The van der Waals surface area contributed by atoms with Crippen LogP contribution < -0.4 is 15.5 Å². The third-order valence-corrected chi connectivity index (χ3v) is 4.01. The van der Waals surface area contributed by atoms with Gasteiger partial charge in [-0.1, -0.05) is 13.0 Å². The number of nitrogens with one attached hydrogen (secondary N) is 2. The summed E-state index contributed by atoms with van der Waals surface area (Å²) >= 11 is 0. The Labute approximate surface area is 132 Å². The topological polar surface area (TPSA) is 61.4 Å². The summed E-state index contributed by atoms with van der Waals surface area (Å²) in [5.41, 5.74) is 1.74. The van der Waals surface area contributed by atoms with Crippen LogP contribution in [0.1, 0.15) is 40.0 Å². The summed E-state index contributed by atoms with van der Waals surface area (Å²) in [5, 5.41) is 6.16. The van der Waals surface area contributed by atoms with Crippen LogP contribution in [0.25, 0.3) is 0 Å². The number of carbonyl (C=O) groups excluding carboxylic acids is 2. The maximum absolute atomic E-state index is 12.1. The molecule has 120 valence electrons. The van der Waals surface area contributed by atoms with Crippen LogP contribution in [-0.2, 0) is 9.59 Å². The number of hydrogen-bond acceptors (Lipinski definition) is 3. The number of nitrogens with zero attached hydrogens (tertiary/aromatic N) is 1. The third-order valence-electron chi connectivity index (χ3n) is 4.01. The Hall–Kier alpha value is -2.04. The zero-order chi connectivity index (χ0) is 16.1. The number of carbonyl (C=O) groups is 2. The highest BCUT2D eigenvalue weighted by atomic mass is 16.2. The number of hydrogen-bond donors (Lipinski definition) is 2. The SMILES string of the molecule is CCC(C)NC(=O)C(C)Nc1cccc(N2CCCC2=O)c1. The molecule has 5 heteroatoms. The summed E-state index contributed by atoms with van der Waals surface area (Å²) in [4.78, 5) is 25.7. The van der Waals surface area contributed by atoms with Crippen molar-refractivity contribution in [3.05, 3.63) is 24.3 Å². The number of benzene rings is 1. The molecule has 1 aromatic rings. The van der Waals surface area contributed by atoms with Crippen molar-refractivity contribution in [1.29, 1.82) is 0 Å². The normalized spacial score (nSPS) is 17.2. The van der Waals surface area contributed by atoms with Crippen LogP contribution in [0.3, 0.4) is 0 Å². The first kappa shape index (κ1) is 16.3. The van der Waals surface area contributed by atoms with Gasteiger partial charge in [0.1, 0.15) is 6.04 Å². The van der Waals surface area contributed by atoms with Crippen LogP contribution in [0.4, 0.5) is 11.4 Å². The summed E-state index contributed by atoms with van der Waals surface area (Å²) in [5.74, 6) is 0.150. The number of rotatable bonds is 6. The van der Waals surface area contributed by atoms with Crippen molar-refractivity contribution in [3.63, 3.8) is 0 Å². The van der Waals surface area contributed by atoms with E-state index in [0.29, 0.717) is 6.42 Å². The van der Waals surface area contributed by atoms with Gasteiger partial charge >= 0.3 is 0 Å². The summed E-state index contributed by atoms with van der Waals surface area (Å²) in [6, 6.07) is 7.53. The second-order valence-corrected chi connectivity index (χ2v) is 5.88. The fourth-order valence-corrected chi connectivity index (χ4v) is 2.47. The Balaban J connectivity index is 2.01. The Morgan fingerprint density at radius 2 is 2.14 bits per heavy atom. The van der Waals surface area contributed by atoms with Gasteiger partial charge in [0.2, 0.25) is 11.8 Å². The fraction of sp³-hybridized carbons (Fsp3) is 0.529. The zero-order valence-corrected chi connectivity index (χ0v) is 13.6. The molecule has 0 bridgehead atoms. The van der Waals surface area contributed by atoms with Crippen molar-refractivity contribution in [3.8, 4) is 0 Å². The van der Waals surface area contributed by atoms with E-state index in [-0.39, 0.29) is 23.9 Å². The molecule has 2 atom stereocenters. The van der Waals surface area contributed by atoms with E-state index in [2.05, 4.69) is 10.6 Å². The predicted molar refractivity (Wildman–Crippen MR) is 89.0 cm³/mol. The monoisotopic (exact) mass is 303 g/mol. The molecule has 1 aliphatic heterocycles. The lowest BCUT2D eigenvalue weighted by Crippen LogP contribution is -2.41. The average Bonchev–Trinajstić information content (AvgIpc) is 2.93. The Morgan fingerprint density at radius 3 is 2.77 bits per heavy atom. The molecule has 0 radical (unpaired) electrons. The highest BCUT2D eigenvalue weighted by Gasteiger charge is 2.22. The van der Waals surface area contributed by atoms with E-state index in [1.165, 1.54) is 0 Å². The molecule has 0 aromatic heterocycles. The van der Waals surface area contributed by atoms with E-state index in [0.717, 1.165) is 30.8 Å². The molecule has 2 unspecified atom stereocenters. The van der Waals surface area contributed by atoms with Gasteiger partial charge in [0.25, 0.3) is 0 Å². The molecule has 2 rings (SSSR count). The minimum absolute atomic E-state index is 0.0167. The van der Waals surface area contributed by atoms with Crippen LogP contribution in [-0.4, -0.2) is 30.4 Å². The molecule has 22 heavy (non-hydrogen) atoms. The van der Waals surface area contributed by atoms with Crippen LogP contribution in [0.2, 0.25) is 0 Å². The molecule has 0 aliphatic carbocycles. The van der Waals surface area contributed by atoms with Crippen molar-refractivity contribution in [2.45, 2.75) is 52.1 Å². The van der Waals surface area contributed by atoms with E-state index >= 15 is 0 Å². The van der Waals surface area contributed by atoms with Gasteiger partial charge in [-0.2, -0.15) is 0 Å². The Kier molecular flexibility index (Phi) is 5.41. The quantitative estimate of drug-likeness (QED) is 0.849. The van der Waals surface area contributed by atoms with Crippen molar-refractivity contribution in [2.24, 2.45) is 0 Å². The smallest absolute Gasteiger partial charge is 0.242 e. The molecule has 2 N–H and O–H groups in total. The molecule has 1 aromatic carbocycles. The Bertz CT molecular complexity index is 544. The summed E-state index contributed by atoms with van der Waals surface area (Å²) in [6.45, 7) is 6.64. The molecule has 1 aliphatic rings. The van der Waals surface area contributed by atoms with E-state index in [1.807, 2.05) is 45.0 Å². The van der Waals surface area contributed by atoms with Crippen molar-refractivity contribution in [2.75, 3.05) is 16.8 Å². The van der Waals surface area contributed by atoms with E-state index in [1.54, 1.807) is 4.90 Å².